The quantitative estimate of drug-likeness (QED) is 0.752. The van der Waals surface area contributed by atoms with Gasteiger partial charge in [0.15, 0.2) is 0 Å². The van der Waals surface area contributed by atoms with Crippen molar-refractivity contribution in [2.75, 3.05) is 38.1 Å². The molecule has 0 aliphatic carbocycles. The van der Waals surface area contributed by atoms with Gasteiger partial charge in [0.25, 0.3) is 0 Å². The minimum Gasteiger partial charge on any atom is -0.368 e. The average molecular weight is 252 g/mol. The molecule has 1 aromatic carbocycles. The van der Waals surface area contributed by atoms with Crippen LogP contribution in [-0.4, -0.2) is 50.4 Å². The van der Waals surface area contributed by atoms with Crippen LogP contribution in [0.2, 0.25) is 6.82 Å². The van der Waals surface area contributed by atoms with Crippen LogP contribution in [0, 0.1) is 0 Å². The van der Waals surface area contributed by atoms with Crippen LogP contribution in [0.25, 0.3) is 10.9 Å². The lowest BCUT2D eigenvalue weighted by molar-refractivity contribution is 0.313. The first-order valence-electron chi connectivity index (χ1n) is 6.89. The van der Waals surface area contributed by atoms with Crippen molar-refractivity contribution in [2.45, 2.75) is 6.82 Å². The van der Waals surface area contributed by atoms with Gasteiger partial charge < -0.3 is 9.80 Å². The third kappa shape index (κ3) is 2.45. The van der Waals surface area contributed by atoms with Crippen LogP contribution in [0.3, 0.4) is 0 Å². The molecule has 0 saturated carbocycles. The molecule has 0 unspecified atom stereocenters. The number of benzene rings is 1. The van der Waals surface area contributed by atoms with Crippen molar-refractivity contribution in [1.82, 2.24) is 9.88 Å². The molecule has 0 N–H and O–H groups in total. The number of nitrogens with zero attached hydrogens (tertiary/aromatic N) is 3. The number of pyridine rings is 1. The molecule has 1 aliphatic rings. The van der Waals surface area contributed by atoms with Crippen LogP contribution in [-0.2, 0) is 0 Å². The predicted octanol–water partition coefficient (Wildman–Crippen LogP) is 1.36. The Morgan fingerprint density at radius 3 is 2.63 bits per heavy atom. The maximum absolute atomic E-state index is 4.48. The summed E-state index contributed by atoms with van der Waals surface area (Å²) in [4.78, 5) is 9.33. The molecule has 3 nitrogen and oxygen atoms in total. The van der Waals surface area contributed by atoms with E-state index in [0.29, 0.717) is 0 Å². The molecule has 1 saturated heterocycles. The van der Waals surface area contributed by atoms with E-state index in [-0.39, 0.29) is 0 Å². The topological polar surface area (TPSA) is 19.4 Å². The Labute approximate surface area is 115 Å². The summed E-state index contributed by atoms with van der Waals surface area (Å²) in [6.45, 7) is 6.52. The van der Waals surface area contributed by atoms with E-state index in [2.05, 4.69) is 60.2 Å². The Bertz CT molecular complexity index is 577. The van der Waals surface area contributed by atoms with E-state index in [1.165, 1.54) is 16.5 Å². The number of piperazine rings is 1. The van der Waals surface area contributed by atoms with E-state index in [1.807, 2.05) is 6.20 Å². The van der Waals surface area contributed by atoms with Crippen LogP contribution in [0.4, 0.5) is 5.69 Å². The highest BCUT2D eigenvalue weighted by Crippen LogP contribution is 2.25. The zero-order valence-electron chi connectivity index (χ0n) is 11.6. The zero-order valence-corrected chi connectivity index (χ0v) is 11.6. The SMILES string of the molecule is C[B]c1ccc2nccc(N3CCN(C)CC3)c2c1. The van der Waals surface area contributed by atoms with Crippen molar-refractivity contribution in [2.24, 2.45) is 0 Å². The molecule has 1 radical (unpaired) electrons. The average Bonchev–Trinajstić information content (AvgIpc) is 2.47. The number of aromatic nitrogens is 1. The summed E-state index contributed by atoms with van der Waals surface area (Å²) in [6, 6.07) is 8.64. The second-order valence-corrected chi connectivity index (χ2v) is 5.19. The number of anilines is 1. The normalized spacial score (nSPS) is 16.8. The highest BCUT2D eigenvalue weighted by atomic mass is 15.2. The van der Waals surface area contributed by atoms with Crippen molar-refractivity contribution < 1.29 is 0 Å². The van der Waals surface area contributed by atoms with Crippen LogP contribution in [0.15, 0.2) is 30.5 Å². The van der Waals surface area contributed by atoms with Gasteiger partial charge in [-0.05, 0) is 19.2 Å². The van der Waals surface area contributed by atoms with E-state index in [1.54, 1.807) is 0 Å². The van der Waals surface area contributed by atoms with E-state index in [4.69, 9.17) is 0 Å². The van der Waals surface area contributed by atoms with Crippen LogP contribution in [0.5, 0.6) is 0 Å². The first kappa shape index (κ1) is 12.5. The molecule has 0 bridgehead atoms. The van der Waals surface area contributed by atoms with E-state index in [9.17, 15) is 0 Å². The van der Waals surface area contributed by atoms with Crippen LogP contribution >= 0.6 is 0 Å². The molecule has 0 atom stereocenters. The highest BCUT2D eigenvalue weighted by Gasteiger charge is 2.16. The standard InChI is InChI=1S/C15H19BN3/c1-16-12-3-4-14-13(11-12)15(5-6-17-14)19-9-7-18(2)8-10-19/h3-6,11H,7-10H2,1-2H3. The summed E-state index contributed by atoms with van der Waals surface area (Å²) in [7, 11) is 4.33. The molecule has 0 spiro atoms. The van der Waals surface area contributed by atoms with Gasteiger partial charge in [-0.2, -0.15) is 0 Å². The van der Waals surface area contributed by atoms with Gasteiger partial charge in [-0.25, -0.2) is 0 Å². The summed E-state index contributed by atoms with van der Waals surface area (Å²) in [5.74, 6) is 0. The Morgan fingerprint density at radius 2 is 1.89 bits per heavy atom. The summed E-state index contributed by atoms with van der Waals surface area (Å²) >= 11 is 0. The molecule has 1 aliphatic heterocycles. The lowest BCUT2D eigenvalue weighted by Gasteiger charge is -2.34. The molecular formula is C15H19BN3. The molecule has 2 aromatic rings. The summed E-state index contributed by atoms with van der Waals surface area (Å²) in [5.41, 5.74) is 3.67. The molecule has 2 heterocycles. The third-order valence-electron chi connectivity index (χ3n) is 3.92. The number of fused-ring (bicyclic) bond motifs is 1. The second-order valence-electron chi connectivity index (χ2n) is 5.19. The number of rotatable bonds is 2. The first-order valence-corrected chi connectivity index (χ1v) is 6.89. The number of likely N-dealkylation sites (N-methyl/N-ethyl adjacent to an activating group) is 1. The molecule has 0 amide bonds. The number of hydrogen-bond donors (Lipinski definition) is 0. The second kappa shape index (κ2) is 5.21. The lowest BCUT2D eigenvalue weighted by Crippen LogP contribution is -2.44. The van der Waals surface area contributed by atoms with Crippen molar-refractivity contribution in [3.05, 3.63) is 30.5 Å². The fourth-order valence-electron chi connectivity index (χ4n) is 2.65. The fourth-order valence-corrected chi connectivity index (χ4v) is 2.65. The minimum atomic E-state index is 1.09. The molecule has 4 heteroatoms. The third-order valence-corrected chi connectivity index (χ3v) is 3.92. The minimum absolute atomic E-state index is 1.09. The Hall–Kier alpha value is -1.55. The van der Waals surface area contributed by atoms with Crippen molar-refractivity contribution in [3.63, 3.8) is 0 Å². The molecule has 1 fully saturated rings. The summed E-state index contributed by atoms with van der Waals surface area (Å²) in [6.07, 6.45) is 1.92. The van der Waals surface area contributed by atoms with Gasteiger partial charge in [0.1, 0.15) is 7.28 Å². The first-order chi connectivity index (χ1) is 9.28. The summed E-state index contributed by atoms with van der Waals surface area (Å²) < 4.78 is 0. The molecule has 3 rings (SSSR count). The predicted molar refractivity (Wildman–Crippen MR) is 82.7 cm³/mol. The smallest absolute Gasteiger partial charge is 0.148 e. The lowest BCUT2D eigenvalue weighted by atomic mass is 9.73. The Kier molecular flexibility index (Phi) is 3.43. The van der Waals surface area contributed by atoms with Crippen molar-refractivity contribution >= 4 is 29.3 Å². The Balaban J connectivity index is 2.02. The molecule has 19 heavy (non-hydrogen) atoms. The van der Waals surface area contributed by atoms with Gasteiger partial charge in [0, 0.05) is 43.4 Å². The summed E-state index contributed by atoms with van der Waals surface area (Å²) in [5, 5.41) is 1.27. The van der Waals surface area contributed by atoms with Gasteiger partial charge >= 0.3 is 0 Å². The van der Waals surface area contributed by atoms with Gasteiger partial charge in [-0.3, -0.25) is 4.98 Å². The van der Waals surface area contributed by atoms with E-state index >= 15 is 0 Å². The van der Waals surface area contributed by atoms with Crippen molar-refractivity contribution in [1.29, 1.82) is 0 Å². The zero-order chi connectivity index (χ0) is 13.2. The van der Waals surface area contributed by atoms with E-state index < -0.39 is 0 Å². The van der Waals surface area contributed by atoms with Crippen LogP contribution in [0.1, 0.15) is 0 Å². The highest BCUT2D eigenvalue weighted by molar-refractivity contribution is 6.52. The van der Waals surface area contributed by atoms with Gasteiger partial charge in [0.05, 0.1) is 5.52 Å². The van der Waals surface area contributed by atoms with Crippen LogP contribution < -0.4 is 10.4 Å². The van der Waals surface area contributed by atoms with Crippen molar-refractivity contribution in [3.8, 4) is 0 Å². The van der Waals surface area contributed by atoms with Gasteiger partial charge in [0.2, 0.25) is 0 Å². The number of hydrogen-bond acceptors (Lipinski definition) is 3. The van der Waals surface area contributed by atoms with Gasteiger partial charge in [-0.15, -0.1) is 0 Å². The fraction of sp³-hybridized carbons (Fsp3) is 0.400. The molecular weight excluding hydrogens is 233 g/mol. The Morgan fingerprint density at radius 1 is 1.11 bits per heavy atom. The maximum atomic E-state index is 4.48. The largest absolute Gasteiger partial charge is 0.368 e. The molecule has 97 valence electrons. The monoisotopic (exact) mass is 252 g/mol. The van der Waals surface area contributed by atoms with E-state index in [0.717, 1.165) is 31.7 Å². The maximum Gasteiger partial charge on any atom is 0.148 e. The molecule has 1 aromatic heterocycles. The van der Waals surface area contributed by atoms with Gasteiger partial charge in [-0.1, -0.05) is 24.4 Å².